The van der Waals surface area contributed by atoms with Crippen molar-refractivity contribution in [1.29, 1.82) is 0 Å². The summed E-state index contributed by atoms with van der Waals surface area (Å²) in [5.41, 5.74) is 0.330. The number of halogens is 2. The zero-order valence-corrected chi connectivity index (χ0v) is 9.22. The molecule has 0 amide bonds. The second-order valence-electron chi connectivity index (χ2n) is 2.86. The van der Waals surface area contributed by atoms with Crippen LogP contribution in [-0.2, 0) is 0 Å². The maximum absolute atomic E-state index is 11.2. The molecule has 78 valence electrons. The van der Waals surface area contributed by atoms with Crippen LogP contribution in [0.3, 0.4) is 0 Å². The van der Waals surface area contributed by atoms with E-state index >= 15 is 0 Å². The van der Waals surface area contributed by atoms with E-state index in [0.717, 1.165) is 0 Å². The molecular weight excluding hydrogens is 239 g/mol. The van der Waals surface area contributed by atoms with E-state index in [4.69, 9.17) is 23.2 Å². The van der Waals surface area contributed by atoms with Crippen molar-refractivity contribution >= 4 is 39.5 Å². The summed E-state index contributed by atoms with van der Waals surface area (Å²) < 4.78 is 0. The Balaban J connectivity index is 3.40. The number of carbonyl (C=O) groups is 3. The summed E-state index contributed by atoms with van der Waals surface area (Å²) in [5, 5.41) is -1.43. The van der Waals surface area contributed by atoms with E-state index in [0.29, 0.717) is 0 Å². The highest BCUT2D eigenvalue weighted by Crippen LogP contribution is 2.16. The van der Waals surface area contributed by atoms with Crippen molar-refractivity contribution in [3.8, 4) is 0 Å². The van der Waals surface area contributed by atoms with Crippen LogP contribution in [0.15, 0.2) is 18.2 Å². The number of hydrogen-bond donors (Lipinski definition) is 0. The first-order chi connectivity index (χ1) is 6.93. The molecule has 0 saturated heterocycles. The summed E-state index contributed by atoms with van der Waals surface area (Å²) in [6, 6.07) is 3.91. The lowest BCUT2D eigenvalue weighted by Crippen LogP contribution is -2.04. The Morgan fingerprint density at radius 3 is 2.00 bits per heavy atom. The van der Waals surface area contributed by atoms with Gasteiger partial charge in [-0.3, -0.25) is 14.4 Å². The Morgan fingerprint density at radius 1 is 1.00 bits per heavy atom. The zero-order valence-electron chi connectivity index (χ0n) is 7.71. The Kier molecular flexibility index (Phi) is 3.61. The van der Waals surface area contributed by atoms with Crippen molar-refractivity contribution in [2.45, 2.75) is 6.92 Å². The van der Waals surface area contributed by atoms with Crippen molar-refractivity contribution in [1.82, 2.24) is 0 Å². The van der Waals surface area contributed by atoms with Gasteiger partial charge < -0.3 is 0 Å². The molecule has 1 aromatic rings. The Hall–Kier alpha value is -1.19. The quantitative estimate of drug-likeness (QED) is 0.607. The van der Waals surface area contributed by atoms with Crippen molar-refractivity contribution in [2.75, 3.05) is 0 Å². The van der Waals surface area contributed by atoms with Crippen LogP contribution in [0.2, 0.25) is 0 Å². The normalized spacial score (nSPS) is 9.80. The van der Waals surface area contributed by atoms with Crippen LogP contribution in [0.5, 0.6) is 0 Å². The predicted molar refractivity (Wildman–Crippen MR) is 56.8 cm³/mol. The van der Waals surface area contributed by atoms with E-state index in [1.807, 2.05) is 0 Å². The third-order valence-electron chi connectivity index (χ3n) is 1.84. The Bertz CT molecular complexity index is 452. The minimum absolute atomic E-state index is 0.0748. The summed E-state index contributed by atoms with van der Waals surface area (Å²) in [6.45, 7) is 1.28. The molecule has 1 rings (SSSR count). The largest absolute Gasteiger partial charge is 0.294 e. The van der Waals surface area contributed by atoms with Crippen molar-refractivity contribution in [2.24, 2.45) is 0 Å². The highest BCUT2D eigenvalue weighted by atomic mass is 35.5. The van der Waals surface area contributed by atoms with Crippen LogP contribution in [0, 0.1) is 0 Å². The molecule has 0 aliphatic rings. The molecule has 0 N–H and O–H groups in total. The molecule has 0 bridgehead atoms. The molecule has 0 spiro atoms. The third-order valence-corrected chi connectivity index (χ3v) is 2.26. The summed E-state index contributed by atoms with van der Waals surface area (Å²) >= 11 is 10.5. The molecule has 0 aliphatic heterocycles. The van der Waals surface area contributed by atoms with Gasteiger partial charge in [0.05, 0.1) is 0 Å². The van der Waals surface area contributed by atoms with Crippen LogP contribution in [0.4, 0.5) is 0 Å². The van der Waals surface area contributed by atoms with Gasteiger partial charge in [0.15, 0.2) is 5.78 Å². The van der Waals surface area contributed by atoms with E-state index in [1.54, 1.807) is 0 Å². The van der Waals surface area contributed by atoms with Gasteiger partial charge in [-0.15, -0.1) is 0 Å². The molecule has 0 heterocycles. The van der Waals surface area contributed by atoms with Crippen LogP contribution in [-0.4, -0.2) is 16.3 Å². The van der Waals surface area contributed by atoms with Crippen LogP contribution in [0.25, 0.3) is 0 Å². The second kappa shape index (κ2) is 4.55. The SMILES string of the molecule is CC(=O)c1cc(C(=O)Cl)ccc1C(=O)Cl. The van der Waals surface area contributed by atoms with Crippen LogP contribution < -0.4 is 0 Å². The lowest BCUT2D eigenvalue weighted by molar-refractivity contribution is 0.100. The minimum atomic E-state index is -0.742. The molecule has 15 heavy (non-hydrogen) atoms. The first kappa shape index (κ1) is 11.9. The zero-order chi connectivity index (χ0) is 11.6. The average molecular weight is 245 g/mol. The van der Waals surface area contributed by atoms with E-state index in [2.05, 4.69) is 0 Å². The number of carbonyl (C=O) groups excluding carboxylic acids is 3. The van der Waals surface area contributed by atoms with Gasteiger partial charge in [-0.05, 0) is 48.3 Å². The molecule has 5 heteroatoms. The van der Waals surface area contributed by atoms with Gasteiger partial charge in [-0.2, -0.15) is 0 Å². The van der Waals surface area contributed by atoms with E-state index in [9.17, 15) is 14.4 Å². The summed E-state index contributed by atoms with van der Waals surface area (Å²) in [6.07, 6.45) is 0. The molecule has 0 saturated carbocycles. The summed E-state index contributed by atoms with van der Waals surface area (Å²) in [7, 11) is 0. The highest BCUT2D eigenvalue weighted by molar-refractivity contribution is 6.69. The fourth-order valence-electron chi connectivity index (χ4n) is 1.13. The smallest absolute Gasteiger partial charge is 0.253 e. The predicted octanol–water partition coefficient (Wildman–Crippen LogP) is 2.65. The number of ketones is 1. The Labute approximate surface area is 96.0 Å². The highest BCUT2D eigenvalue weighted by Gasteiger charge is 2.14. The van der Waals surface area contributed by atoms with Crippen molar-refractivity contribution in [3.63, 3.8) is 0 Å². The first-order valence-corrected chi connectivity index (χ1v) is 4.73. The maximum atomic E-state index is 11.2. The summed E-state index contributed by atoms with van der Waals surface area (Å²) in [5.74, 6) is -0.348. The van der Waals surface area contributed by atoms with Crippen LogP contribution in [0.1, 0.15) is 38.0 Å². The summed E-state index contributed by atoms with van der Waals surface area (Å²) in [4.78, 5) is 33.0. The number of Topliss-reactive ketones (excluding diaryl/α,β-unsaturated/α-hetero) is 1. The van der Waals surface area contributed by atoms with Crippen molar-refractivity contribution < 1.29 is 14.4 Å². The fraction of sp³-hybridized carbons (Fsp3) is 0.100. The maximum Gasteiger partial charge on any atom is 0.253 e. The first-order valence-electron chi connectivity index (χ1n) is 3.98. The molecule has 0 atom stereocenters. The average Bonchev–Trinajstić information content (AvgIpc) is 2.16. The van der Waals surface area contributed by atoms with Crippen molar-refractivity contribution in [3.05, 3.63) is 34.9 Å². The monoisotopic (exact) mass is 244 g/mol. The van der Waals surface area contributed by atoms with E-state index in [-0.39, 0.29) is 22.5 Å². The van der Waals surface area contributed by atoms with Gasteiger partial charge in [0.1, 0.15) is 0 Å². The van der Waals surface area contributed by atoms with Gasteiger partial charge in [0.2, 0.25) is 0 Å². The lowest BCUT2D eigenvalue weighted by atomic mass is 10.0. The molecular formula is C10H6Cl2O3. The van der Waals surface area contributed by atoms with Gasteiger partial charge in [0, 0.05) is 16.7 Å². The van der Waals surface area contributed by atoms with Gasteiger partial charge >= 0.3 is 0 Å². The lowest BCUT2D eigenvalue weighted by Gasteiger charge is -2.03. The van der Waals surface area contributed by atoms with Gasteiger partial charge in [-0.1, -0.05) is 0 Å². The number of rotatable bonds is 3. The second-order valence-corrected chi connectivity index (χ2v) is 3.55. The minimum Gasteiger partial charge on any atom is -0.294 e. The third kappa shape index (κ3) is 2.64. The molecule has 0 unspecified atom stereocenters. The number of benzene rings is 1. The van der Waals surface area contributed by atoms with Gasteiger partial charge in [-0.25, -0.2) is 0 Å². The molecule has 0 fully saturated rings. The molecule has 0 radical (unpaired) electrons. The van der Waals surface area contributed by atoms with E-state index in [1.165, 1.54) is 25.1 Å². The molecule has 3 nitrogen and oxygen atoms in total. The van der Waals surface area contributed by atoms with E-state index < -0.39 is 10.5 Å². The molecule has 1 aromatic carbocycles. The number of hydrogen-bond acceptors (Lipinski definition) is 3. The molecule has 0 aliphatic carbocycles. The topological polar surface area (TPSA) is 51.2 Å². The van der Waals surface area contributed by atoms with Gasteiger partial charge in [0.25, 0.3) is 10.5 Å². The standard InChI is InChI=1S/C10H6Cl2O3/c1-5(13)8-4-6(9(11)14)2-3-7(8)10(12)15/h2-4H,1H3. The Morgan fingerprint density at radius 2 is 1.60 bits per heavy atom. The molecule has 0 aromatic heterocycles. The van der Waals surface area contributed by atoms with Crippen LogP contribution >= 0.6 is 23.2 Å². The fourth-order valence-corrected chi connectivity index (χ4v) is 1.41.